The quantitative estimate of drug-likeness (QED) is 0.508. The minimum Gasteiger partial charge on any atom is -0.363 e. The Bertz CT molecular complexity index is 1090. The summed E-state index contributed by atoms with van der Waals surface area (Å²) in [4.78, 5) is 28.3. The number of likely N-dealkylation sites (N-methyl/N-ethyl adjacent to an activating group) is 1. The lowest BCUT2D eigenvalue weighted by molar-refractivity contribution is -0.126. The van der Waals surface area contributed by atoms with Crippen LogP contribution in [0.15, 0.2) is 48.8 Å². The number of fused-ring (bicyclic) bond motifs is 3. The van der Waals surface area contributed by atoms with Crippen molar-refractivity contribution in [3.05, 3.63) is 64.8 Å². The van der Waals surface area contributed by atoms with Crippen LogP contribution in [0.3, 0.4) is 0 Å². The lowest BCUT2D eigenvalue weighted by Gasteiger charge is -2.26. The van der Waals surface area contributed by atoms with Crippen molar-refractivity contribution in [3.63, 3.8) is 0 Å². The molecule has 7 heteroatoms. The van der Waals surface area contributed by atoms with Crippen LogP contribution in [0.2, 0.25) is 0 Å². The Balaban J connectivity index is 1.51. The molecule has 0 radical (unpaired) electrons. The minimum absolute atomic E-state index is 0.0856. The summed E-state index contributed by atoms with van der Waals surface area (Å²) in [6.45, 7) is 10.6. The number of benzene rings is 1. The zero-order chi connectivity index (χ0) is 22.5. The van der Waals surface area contributed by atoms with Gasteiger partial charge in [0.15, 0.2) is 0 Å². The lowest BCUT2D eigenvalue weighted by Crippen LogP contribution is -2.34. The Morgan fingerprint density at radius 1 is 1.25 bits per heavy atom. The van der Waals surface area contributed by atoms with E-state index >= 15 is 0 Å². The van der Waals surface area contributed by atoms with Crippen LogP contribution < -0.4 is 5.32 Å². The Hall–Kier alpha value is -2.77. The molecule has 1 N–H and O–H groups in total. The third kappa shape index (κ3) is 4.84. The number of rotatable bonds is 8. The normalized spacial score (nSPS) is 14.8. The molecule has 4 rings (SSSR count). The van der Waals surface area contributed by atoms with Crippen LogP contribution in [0.25, 0.3) is 10.2 Å². The molecule has 0 aliphatic carbocycles. The highest BCUT2D eigenvalue weighted by molar-refractivity contribution is 7.19. The van der Waals surface area contributed by atoms with Crippen LogP contribution in [0.1, 0.15) is 42.8 Å². The van der Waals surface area contributed by atoms with E-state index in [1.54, 1.807) is 23.7 Å². The minimum atomic E-state index is 0.0856. The van der Waals surface area contributed by atoms with Crippen molar-refractivity contribution in [1.82, 2.24) is 19.8 Å². The first kappa shape index (κ1) is 22.4. The molecule has 1 amide bonds. The second-order valence-electron chi connectivity index (χ2n) is 8.08. The second kappa shape index (κ2) is 10.2. The molecule has 1 unspecified atom stereocenters. The van der Waals surface area contributed by atoms with Gasteiger partial charge in [-0.05, 0) is 37.6 Å². The van der Waals surface area contributed by atoms with Crippen LogP contribution in [0, 0.1) is 0 Å². The van der Waals surface area contributed by atoms with E-state index in [1.165, 1.54) is 16.0 Å². The predicted molar refractivity (Wildman–Crippen MR) is 132 cm³/mol. The van der Waals surface area contributed by atoms with E-state index in [1.807, 2.05) is 17.0 Å². The topological polar surface area (TPSA) is 61.4 Å². The molecule has 168 valence electrons. The number of anilines is 1. The maximum absolute atomic E-state index is 12.7. The van der Waals surface area contributed by atoms with Crippen LogP contribution >= 0.6 is 11.3 Å². The highest BCUT2D eigenvalue weighted by Crippen LogP contribution is 2.38. The van der Waals surface area contributed by atoms with Gasteiger partial charge >= 0.3 is 0 Å². The number of hydrogen-bond donors (Lipinski definition) is 1. The van der Waals surface area contributed by atoms with Crippen molar-refractivity contribution in [2.24, 2.45) is 0 Å². The number of nitrogens with one attached hydrogen (secondary N) is 1. The third-order valence-corrected chi connectivity index (χ3v) is 7.24. The summed E-state index contributed by atoms with van der Waals surface area (Å²) in [5, 5.41) is 4.69. The number of carbonyl (C=O) groups is 1. The highest BCUT2D eigenvalue weighted by atomic mass is 32.1. The van der Waals surface area contributed by atoms with E-state index in [4.69, 9.17) is 0 Å². The molecule has 0 bridgehead atoms. The summed E-state index contributed by atoms with van der Waals surface area (Å²) < 4.78 is 0. The molecule has 0 spiro atoms. The van der Waals surface area contributed by atoms with Gasteiger partial charge in [-0.15, -0.1) is 11.3 Å². The van der Waals surface area contributed by atoms with E-state index in [9.17, 15) is 4.79 Å². The molecular formula is C25H31N5OS. The van der Waals surface area contributed by atoms with Crippen molar-refractivity contribution in [2.45, 2.75) is 39.8 Å². The summed E-state index contributed by atoms with van der Waals surface area (Å²) in [5.41, 5.74) is 2.50. The smallest absolute Gasteiger partial charge is 0.246 e. The van der Waals surface area contributed by atoms with Crippen molar-refractivity contribution in [3.8, 4) is 0 Å². The van der Waals surface area contributed by atoms with E-state index in [2.05, 4.69) is 65.2 Å². The molecule has 0 saturated carbocycles. The average Bonchev–Trinajstić information content (AvgIpc) is 3.21. The van der Waals surface area contributed by atoms with Crippen molar-refractivity contribution < 1.29 is 4.79 Å². The number of thiophene rings is 1. The first-order valence-corrected chi connectivity index (χ1v) is 12.2. The summed E-state index contributed by atoms with van der Waals surface area (Å²) in [6, 6.07) is 10.5. The molecule has 6 nitrogen and oxygen atoms in total. The van der Waals surface area contributed by atoms with Gasteiger partial charge in [0.2, 0.25) is 5.91 Å². The van der Waals surface area contributed by atoms with E-state index < -0.39 is 0 Å². The van der Waals surface area contributed by atoms with E-state index in [-0.39, 0.29) is 11.9 Å². The van der Waals surface area contributed by atoms with E-state index in [0.717, 1.165) is 48.6 Å². The average molecular weight is 450 g/mol. The molecule has 3 aromatic rings. The maximum atomic E-state index is 12.7. The molecule has 1 aliphatic heterocycles. The Morgan fingerprint density at radius 3 is 2.78 bits per heavy atom. The molecule has 2 aromatic heterocycles. The molecule has 1 aliphatic rings. The predicted octanol–water partition coefficient (Wildman–Crippen LogP) is 4.65. The van der Waals surface area contributed by atoms with Gasteiger partial charge in [0, 0.05) is 30.1 Å². The number of aromatic nitrogens is 2. The fourth-order valence-electron chi connectivity index (χ4n) is 4.15. The first-order chi connectivity index (χ1) is 15.6. The molecule has 32 heavy (non-hydrogen) atoms. The van der Waals surface area contributed by atoms with Crippen LogP contribution in [0.4, 0.5) is 5.82 Å². The van der Waals surface area contributed by atoms with Gasteiger partial charge in [-0.1, -0.05) is 50.3 Å². The largest absolute Gasteiger partial charge is 0.363 e. The van der Waals surface area contributed by atoms with Crippen molar-refractivity contribution in [2.75, 3.05) is 31.5 Å². The number of amides is 1. The van der Waals surface area contributed by atoms with Gasteiger partial charge in [-0.3, -0.25) is 4.79 Å². The molecule has 1 atom stereocenters. The standard InChI is InChI=1S/C25H31N5OS/c1-4-29(5-2)14-9-12-22(31)30-15-13-20-21(16-30)32-25-23(20)24(26-17-27-25)28-18(3)19-10-7-6-8-11-19/h6-12,17-18H,4-5,13-16H2,1-3H3,(H,26,27,28). The van der Waals surface area contributed by atoms with Crippen LogP contribution in [-0.4, -0.2) is 51.9 Å². The van der Waals surface area contributed by atoms with Gasteiger partial charge in [-0.25, -0.2) is 9.97 Å². The van der Waals surface area contributed by atoms with Crippen molar-refractivity contribution in [1.29, 1.82) is 0 Å². The number of hydrogen-bond acceptors (Lipinski definition) is 6. The summed E-state index contributed by atoms with van der Waals surface area (Å²) in [7, 11) is 0. The van der Waals surface area contributed by atoms with Gasteiger partial charge in [0.05, 0.1) is 11.9 Å². The SMILES string of the molecule is CCN(CC)CC=CC(=O)N1CCc2c(sc3ncnc(NC(C)c4ccccc4)c23)C1. The molecule has 1 aromatic carbocycles. The summed E-state index contributed by atoms with van der Waals surface area (Å²) >= 11 is 1.68. The zero-order valence-corrected chi connectivity index (χ0v) is 19.9. The van der Waals surface area contributed by atoms with Crippen LogP contribution in [0.5, 0.6) is 0 Å². The fourth-order valence-corrected chi connectivity index (χ4v) is 5.35. The van der Waals surface area contributed by atoms with Crippen molar-refractivity contribution >= 4 is 33.3 Å². The third-order valence-electron chi connectivity index (χ3n) is 6.12. The second-order valence-corrected chi connectivity index (χ2v) is 9.16. The Kier molecular flexibility index (Phi) is 7.17. The van der Waals surface area contributed by atoms with Gasteiger partial charge < -0.3 is 15.1 Å². The van der Waals surface area contributed by atoms with Crippen LogP contribution in [-0.2, 0) is 17.8 Å². The molecule has 3 heterocycles. The monoisotopic (exact) mass is 449 g/mol. The summed E-state index contributed by atoms with van der Waals surface area (Å²) in [6.07, 6.45) is 6.16. The first-order valence-electron chi connectivity index (χ1n) is 11.3. The number of carbonyl (C=O) groups excluding carboxylic acids is 1. The molecule has 0 saturated heterocycles. The fraction of sp³-hybridized carbons (Fsp3) is 0.400. The Labute approximate surface area is 194 Å². The number of nitrogens with zero attached hydrogens (tertiary/aromatic N) is 4. The molecular weight excluding hydrogens is 418 g/mol. The molecule has 0 fully saturated rings. The van der Waals surface area contributed by atoms with Gasteiger partial charge in [-0.2, -0.15) is 0 Å². The van der Waals surface area contributed by atoms with E-state index in [0.29, 0.717) is 6.54 Å². The Morgan fingerprint density at radius 2 is 2.03 bits per heavy atom. The highest BCUT2D eigenvalue weighted by Gasteiger charge is 2.25. The zero-order valence-electron chi connectivity index (χ0n) is 19.0. The van der Waals surface area contributed by atoms with Gasteiger partial charge in [0.25, 0.3) is 0 Å². The van der Waals surface area contributed by atoms with Gasteiger partial charge in [0.1, 0.15) is 17.0 Å². The lowest BCUT2D eigenvalue weighted by atomic mass is 10.0. The summed E-state index contributed by atoms with van der Waals surface area (Å²) in [5.74, 6) is 0.963. The maximum Gasteiger partial charge on any atom is 0.246 e.